The number of hydrogen-bond acceptors (Lipinski definition) is 5. The maximum absolute atomic E-state index is 6.66. The third kappa shape index (κ3) is 2.99. The molecule has 0 saturated heterocycles. The highest BCUT2D eigenvalue weighted by Crippen LogP contribution is 2.41. The van der Waals surface area contributed by atoms with E-state index in [0.717, 1.165) is 66.4 Å². The van der Waals surface area contributed by atoms with Gasteiger partial charge in [-0.3, -0.25) is 9.97 Å². The Balaban J connectivity index is 1.25. The number of para-hydroxylation sites is 3. The summed E-state index contributed by atoms with van der Waals surface area (Å²) in [5, 5.41) is 6.63. The first-order chi connectivity index (χ1) is 19.3. The predicted octanol–water partition coefficient (Wildman–Crippen LogP) is 9.98. The predicted molar refractivity (Wildman–Crippen MR) is 160 cm³/mol. The maximum atomic E-state index is 6.66. The number of thiophene rings is 1. The van der Waals surface area contributed by atoms with Gasteiger partial charge in [-0.05, 0) is 30.3 Å². The SMILES string of the molecule is c1ccc2c(c1)oc1cc(-c3cccc4c3oc3c(-c5cc6sc7ccccc7c6cn5)cccc34)ncc12. The summed E-state index contributed by atoms with van der Waals surface area (Å²) < 4.78 is 15.3. The van der Waals surface area contributed by atoms with Crippen LogP contribution < -0.4 is 0 Å². The lowest BCUT2D eigenvalue weighted by Crippen LogP contribution is -1.83. The molecule has 0 radical (unpaired) electrons. The summed E-state index contributed by atoms with van der Waals surface area (Å²) >= 11 is 1.80. The summed E-state index contributed by atoms with van der Waals surface area (Å²) in [6.07, 6.45) is 3.89. The van der Waals surface area contributed by atoms with Crippen molar-refractivity contribution >= 4 is 75.4 Å². The summed E-state index contributed by atoms with van der Waals surface area (Å²) in [5.41, 5.74) is 6.96. The first-order valence-corrected chi connectivity index (χ1v) is 13.6. The molecular formula is C34H18N2O2S. The lowest BCUT2D eigenvalue weighted by atomic mass is 10.0. The third-order valence-corrected chi connectivity index (χ3v) is 8.74. The van der Waals surface area contributed by atoms with E-state index in [0.29, 0.717) is 0 Å². The van der Waals surface area contributed by atoms with E-state index in [1.165, 1.54) is 20.2 Å². The molecule has 5 heteroatoms. The van der Waals surface area contributed by atoms with Crippen molar-refractivity contribution < 1.29 is 8.83 Å². The molecular weight excluding hydrogens is 500 g/mol. The molecule has 0 bridgehead atoms. The van der Waals surface area contributed by atoms with Crippen molar-refractivity contribution in [1.29, 1.82) is 0 Å². The molecule has 5 heterocycles. The van der Waals surface area contributed by atoms with Crippen LogP contribution in [0.2, 0.25) is 0 Å². The minimum absolute atomic E-state index is 0.811. The number of aromatic nitrogens is 2. The minimum atomic E-state index is 0.811. The highest BCUT2D eigenvalue weighted by atomic mass is 32.1. The van der Waals surface area contributed by atoms with Crippen LogP contribution in [-0.4, -0.2) is 9.97 Å². The fraction of sp³-hybridized carbons (Fsp3) is 0. The molecule has 0 aliphatic rings. The number of furan rings is 2. The van der Waals surface area contributed by atoms with Gasteiger partial charge < -0.3 is 8.83 Å². The van der Waals surface area contributed by atoms with Gasteiger partial charge in [-0.25, -0.2) is 0 Å². The van der Waals surface area contributed by atoms with Crippen LogP contribution in [0.25, 0.3) is 86.6 Å². The Morgan fingerprint density at radius 1 is 0.462 bits per heavy atom. The van der Waals surface area contributed by atoms with Crippen molar-refractivity contribution in [2.45, 2.75) is 0 Å². The maximum Gasteiger partial charge on any atom is 0.144 e. The Morgan fingerprint density at radius 2 is 1.10 bits per heavy atom. The molecule has 4 nitrogen and oxygen atoms in total. The second kappa shape index (κ2) is 7.76. The Kier molecular flexibility index (Phi) is 4.18. The van der Waals surface area contributed by atoms with Gasteiger partial charge in [0.1, 0.15) is 22.3 Å². The Labute approximate surface area is 225 Å². The largest absolute Gasteiger partial charge is 0.456 e. The van der Waals surface area contributed by atoms with Crippen LogP contribution in [0.4, 0.5) is 0 Å². The van der Waals surface area contributed by atoms with Gasteiger partial charge in [0.25, 0.3) is 0 Å². The standard InChI is InChI=1S/C34H18N2O2S/c1-3-13-29-19(7-1)25-17-35-27(15-30(25)37-29)23-11-5-9-21-22-10-6-12-24(34(22)38-33(21)23)28-16-32-26(18-36-28)20-8-2-4-14-31(20)39-32/h1-18H. The molecule has 0 aliphatic carbocycles. The molecule has 39 heavy (non-hydrogen) atoms. The summed E-state index contributed by atoms with van der Waals surface area (Å²) in [5.74, 6) is 0. The van der Waals surface area contributed by atoms with E-state index >= 15 is 0 Å². The molecule has 0 atom stereocenters. The Bertz CT molecular complexity index is 2240. The molecule has 5 aromatic heterocycles. The molecule has 182 valence electrons. The van der Waals surface area contributed by atoms with E-state index in [-0.39, 0.29) is 0 Å². The average molecular weight is 519 g/mol. The number of hydrogen-bond donors (Lipinski definition) is 0. The zero-order chi connectivity index (χ0) is 25.5. The molecule has 0 fully saturated rings. The van der Waals surface area contributed by atoms with Crippen LogP contribution in [0, 0.1) is 0 Å². The summed E-state index contributed by atoms with van der Waals surface area (Å²) in [4.78, 5) is 9.70. The lowest BCUT2D eigenvalue weighted by Gasteiger charge is -2.02. The van der Waals surface area contributed by atoms with Crippen LogP contribution >= 0.6 is 11.3 Å². The third-order valence-electron chi connectivity index (χ3n) is 7.60. The molecule has 0 saturated carbocycles. The van der Waals surface area contributed by atoms with Crippen LogP contribution in [0.1, 0.15) is 0 Å². The van der Waals surface area contributed by atoms with Gasteiger partial charge in [0.2, 0.25) is 0 Å². The highest BCUT2D eigenvalue weighted by Gasteiger charge is 2.18. The second-order valence-corrected chi connectivity index (χ2v) is 10.9. The number of pyridine rings is 2. The fourth-order valence-corrected chi connectivity index (χ4v) is 6.87. The van der Waals surface area contributed by atoms with Gasteiger partial charge in [-0.2, -0.15) is 0 Å². The highest BCUT2D eigenvalue weighted by molar-refractivity contribution is 7.25. The number of rotatable bonds is 2. The van der Waals surface area contributed by atoms with E-state index in [1.54, 1.807) is 11.3 Å². The van der Waals surface area contributed by atoms with Crippen molar-refractivity contribution in [2.24, 2.45) is 0 Å². The Morgan fingerprint density at radius 3 is 1.90 bits per heavy atom. The number of fused-ring (bicyclic) bond motifs is 9. The van der Waals surface area contributed by atoms with Crippen LogP contribution in [0.3, 0.4) is 0 Å². The normalized spacial score (nSPS) is 12.1. The second-order valence-electron chi connectivity index (χ2n) is 9.79. The van der Waals surface area contributed by atoms with Crippen LogP contribution in [0.5, 0.6) is 0 Å². The van der Waals surface area contributed by atoms with Crippen molar-refractivity contribution in [1.82, 2.24) is 9.97 Å². The van der Waals surface area contributed by atoms with E-state index < -0.39 is 0 Å². The molecule has 0 amide bonds. The first kappa shape index (κ1) is 21.0. The van der Waals surface area contributed by atoms with Crippen molar-refractivity contribution in [3.8, 4) is 22.5 Å². The van der Waals surface area contributed by atoms with E-state index in [2.05, 4.69) is 72.8 Å². The molecule has 9 rings (SSSR count). The zero-order valence-corrected chi connectivity index (χ0v) is 21.3. The van der Waals surface area contributed by atoms with Crippen molar-refractivity contribution in [2.75, 3.05) is 0 Å². The fourth-order valence-electron chi connectivity index (χ4n) is 5.76. The van der Waals surface area contributed by atoms with Gasteiger partial charge in [-0.1, -0.05) is 60.7 Å². The van der Waals surface area contributed by atoms with Gasteiger partial charge in [0.05, 0.1) is 11.4 Å². The topological polar surface area (TPSA) is 52.1 Å². The van der Waals surface area contributed by atoms with Gasteiger partial charge in [0.15, 0.2) is 0 Å². The van der Waals surface area contributed by atoms with Crippen molar-refractivity contribution in [3.05, 3.63) is 109 Å². The van der Waals surface area contributed by atoms with Crippen LogP contribution in [-0.2, 0) is 0 Å². The van der Waals surface area contributed by atoms with Crippen LogP contribution in [0.15, 0.2) is 118 Å². The van der Waals surface area contributed by atoms with Gasteiger partial charge in [0, 0.05) is 71.3 Å². The quantitative estimate of drug-likeness (QED) is 0.228. The summed E-state index contributed by atoms with van der Waals surface area (Å²) in [6.45, 7) is 0. The summed E-state index contributed by atoms with van der Waals surface area (Å²) in [7, 11) is 0. The lowest BCUT2D eigenvalue weighted by molar-refractivity contribution is 0.668. The van der Waals surface area contributed by atoms with E-state index in [1.807, 2.05) is 36.7 Å². The molecule has 0 aliphatic heterocycles. The molecule has 9 aromatic rings. The zero-order valence-electron chi connectivity index (χ0n) is 20.5. The van der Waals surface area contributed by atoms with Crippen molar-refractivity contribution in [3.63, 3.8) is 0 Å². The van der Waals surface area contributed by atoms with Gasteiger partial charge >= 0.3 is 0 Å². The molecule has 0 unspecified atom stereocenters. The average Bonchev–Trinajstić information content (AvgIpc) is 3.67. The first-order valence-electron chi connectivity index (χ1n) is 12.8. The van der Waals surface area contributed by atoms with E-state index in [4.69, 9.17) is 18.8 Å². The summed E-state index contributed by atoms with van der Waals surface area (Å²) in [6, 6.07) is 33.2. The molecule has 0 N–H and O–H groups in total. The smallest absolute Gasteiger partial charge is 0.144 e. The molecule has 4 aromatic carbocycles. The molecule has 0 spiro atoms. The Hall–Kier alpha value is -5.00. The van der Waals surface area contributed by atoms with Gasteiger partial charge in [-0.15, -0.1) is 11.3 Å². The number of nitrogens with zero attached hydrogens (tertiary/aromatic N) is 2. The number of benzene rings is 4. The minimum Gasteiger partial charge on any atom is -0.456 e. The monoisotopic (exact) mass is 518 g/mol. The van der Waals surface area contributed by atoms with E-state index in [9.17, 15) is 0 Å².